The van der Waals surface area contributed by atoms with E-state index < -0.39 is 0 Å². The summed E-state index contributed by atoms with van der Waals surface area (Å²) in [6.07, 6.45) is 5.74. The smallest absolute Gasteiger partial charge is 0.251 e. The van der Waals surface area contributed by atoms with Gasteiger partial charge in [-0.1, -0.05) is 6.07 Å². The fourth-order valence-corrected chi connectivity index (χ4v) is 1.85. The molecule has 0 saturated carbocycles. The topological polar surface area (TPSA) is 38.3 Å². The molecule has 0 spiro atoms. The Morgan fingerprint density at radius 1 is 1.53 bits per heavy atom. The first kappa shape index (κ1) is 11.7. The predicted molar refractivity (Wildman–Crippen MR) is 65.3 cm³/mol. The first-order valence-electron chi connectivity index (χ1n) is 5.64. The fourth-order valence-electron chi connectivity index (χ4n) is 1.85. The van der Waals surface area contributed by atoms with E-state index in [1.54, 1.807) is 0 Å². The van der Waals surface area contributed by atoms with Gasteiger partial charge in [0.15, 0.2) is 0 Å². The van der Waals surface area contributed by atoms with Crippen LogP contribution >= 0.6 is 0 Å². The Morgan fingerprint density at radius 3 is 3.06 bits per heavy atom. The summed E-state index contributed by atoms with van der Waals surface area (Å²) in [5.41, 5.74) is 2.93. The summed E-state index contributed by atoms with van der Waals surface area (Å²) in [6, 6.07) is 5.66. The van der Waals surface area contributed by atoms with Gasteiger partial charge in [0.1, 0.15) is 0 Å². The molecule has 1 unspecified atom stereocenters. The van der Waals surface area contributed by atoms with E-state index in [-0.39, 0.29) is 11.9 Å². The summed E-state index contributed by atoms with van der Waals surface area (Å²) in [6.45, 7) is 3.13. The quantitative estimate of drug-likeness (QED) is 0.803. The second kappa shape index (κ2) is 5.03. The molecule has 3 heteroatoms. The molecule has 1 aromatic rings. The number of nitrogens with one attached hydrogen (secondary N) is 1. The molecule has 0 saturated heterocycles. The van der Waals surface area contributed by atoms with Crippen LogP contribution in [-0.2, 0) is 18.0 Å². The van der Waals surface area contributed by atoms with E-state index >= 15 is 0 Å². The molecule has 1 heterocycles. The highest BCUT2D eigenvalue weighted by atomic mass is 16.5. The Labute approximate surface area is 101 Å². The van der Waals surface area contributed by atoms with Crippen LogP contribution in [0.15, 0.2) is 18.2 Å². The number of benzene rings is 1. The number of carbonyl (C=O) groups excluding carboxylic acids is 1. The van der Waals surface area contributed by atoms with Gasteiger partial charge < -0.3 is 10.1 Å². The van der Waals surface area contributed by atoms with Crippen molar-refractivity contribution in [2.45, 2.75) is 32.6 Å². The minimum atomic E-state index is -0.0811. The number of rotatable bonds is 3. The largest absolute Gasteiger partial charge is 0.372 e. The summed E-state index contributed by atoms with van der Waals surface area (Å²) in [5, 5.41) is 2.87. The lowest BCUT2D eigenvalue weighted by molar-refractivity contribution is 0.0940. The number of amides is 1. The van der Waals surface area contributed by atoms with Crippen LogP contribution in [0.3, 0.4) is 0 Å². The Bertz CT molecular complexity index is 474. The lowest BCUT2D eigenvalue weighted by Crippen LogP contribution is -2.32. The number of hydrogen-bond donors (Lipinski definition) is 1. The van der Waals surface area contributed by atoms with Gasteiger partial charge in [-0.05, 0) is 30.2 Å². The fraction of sp³-hybridized carbons (Fsp3) is 0.357. The molecule has 0 aliphatic carbocycles. The van der Waals surface area contributed by atoms with Gasteiger partial charge in [0.05, 0.1) is 13.2 Å². The van der Waals surface area contributed by atoms with Crippen molar-refractivity contribution in [2.24, 2.45) is 0 Å². The van der Waals surface area contributed by atoms with Crippen molar-refractivity contribution in [1.82, 2.24) is 5.32 Å². The zero-order chi connectivity index (χ0) is 12.3. The molecule has 0 bridgehead atoms. The summed E-state index contributed by atoms with van der Waals surface area (Å²) in [7, 11) is 0. The predicted octanol–water partition coefficient (Wildman–Crippen LogP) is 1.86. The third-order valence-electron chi connectivity index (χ3n) is 2.79. The molecule has 3 nitrogen and oxygen atoms in total. The van der Waals surface area contributed by atoms with Crippen LogP contribution in [0.5, 0.6) is 0 Å². The molecule has 0 radical (unpaired) electrons. The summed E-state index contributed by atoms with van der Waals surface area (Å²) >= 11 is 0. The molecule has 1 amide bonds. The summed E-state index contributed by atoms with van der Waals surface area (Å²) in [5.74, 6) is 2.45. The van der Waals surface area contributed by atoms with Gasteiger partial charge in [-0.2, -0.15) is 0 Å². The van der Waals surface area contributed by atoms with E-state index in [4.69, 9.17) is 11.2 Å². The van der Waals surface area contributed by atoms with E-state index in [2.05, 4.69) is 11.2 Å². The van der Waals surface area contributed by atoms with Gasteiger partial charge >= 0.3 is 0 Å². The molecule has 0 fully saturated rings. The Morgan fingerprint density at radius 2 is 2.29 bits per heavy atom. The maximum absolute atomic E-state index is 11.9. The molecule has 1 aliphatic rings. The van der Waals surface area contributed by atoms with Crippen molar-refractivity contribution in [1.29, 1.82) is 0 Å². The second-order valence-electron chi connectivity index (χ2n) is 4.26. The monoisotopic (exact) mass is 229 g/mol. The Hall–Kier alpha value is -1.79. The highest BCUT2D eigenvalue weighted by Gasteiger charge is 2.15. The molecule has 1 N–H and O–H groups in total. The van der Waals surface area contributed by atoms with Gasteiger partial charge in [-0.3, -0.25) is 4.79 Å². The van der Waals surface area contributed by atoms with Crippen molar-refractivity contribution in [3.05, 3.63) is 34.9 Å². The molecule has 1 atom stereocenters. The zero-order valence-corrected chi connectivity index (χ0v) is 9.82. The van der Waals surface area contributed by atoms with Crippen LogP contribution in [0.25, 0.3) is 0 Å². The van der Waals surface area contributed by atoms with Crippen LogP contribution in [0.1, 0.15) is 34.8 Å². The average Bonchev–Trinajstić information content (AvgIpc) is 2.75. The van der Waals surface area contributed by atoms with E-state index in [0.29, 0.717) is 25.2 Å². The van der Waals surface area contributed by atoms with Gasteiger partial charge in [-0.15, -0.1) is 12.3 Å². The standard InChI is InChI=1S/C14H15NO2/c1-3-4-10(2)15-14(16)11-5-6-12-8-17-9-13(12)7-11/h1,5-7,10H,4,8-9H2,2H3,(H,15,16). The van der Waals surface area contributed by atoms with Crippen molar-refractivity contribution < 1.29 is 9.53 Å². The van der Waals surface area contributed by atoms with Gasteiger partial charge in [-0.25, -0.2) is 0 Å². The van der Waals surface area contributed by atoms with Crippen molar-refractivity contribution in [2.75, 3.05) is 0 Å². The third kappa shape index (κ3) is 2.66. The lowest BCUT2D eigenvalue weighted by atomic mass is 10.1. The first-order valence-corrected chi connectivity index (χ1v) is 5.64. The van der Waals surface area contributed by atoms with Crippen molar-refractivity contribution in [3.8, 4) is 12.3 Å². The number of carbonyl (C=O) groups is 1. The van der Waals surface area contributed by atoms with E-state index in [1.807, 2.05) is 25.1 Å². The molecule has 1 aliphatic heterocycles. The van der Waals surface area contributed by atoms with Crippen LogP contribution < -0.4 is 5.32 Å². The molecule has 0 aromatic heterocycles. The van der Waals surface area contributed by atoms with E-state index in [0.717, 1.165) is 5.56 Å². The molecule has 1 aromatic carbocycles. The van der Waals surface area contributed by atoms with Crippen LogP contribution in [-0.4, -0.2) is 11.9 Å². The van der Waals surface area contributed by atoms with Gasteiger partial charge in [0.2, 0.25) is 0 Å². The second-order valence-corrected chi connectivity index (χ2v) is 4.26. The highest BCUT2D eigenvalue weighted by Crippen LogP contribution is 2.20. The Kier molecular flexibility index (Phi) is 3.46. The SMILES string of the molecule is C#CCC(C)NC(=O)c1ccc2c(c1)COC2. The minimum Gasteiger partial charge on any atom is -0.372 e. The zero-order valence-electron chi connectivity index (χ0n) is 9.82. The molecule has 88 valence electrons. The first-order chi connectivity index (χ1) is 8.20. The molecular weight excluding hydrogens is 214 g/mol. The van der Waals surface area contributed by atoms with Crippen LogP contribution in [0, 0.1) is 12.3 Å². The third-order valence-corrected chi connectivity index (χ3v) is 2.79. The summed E-state index contributed by atoms with van der Waals surface area (Å²) < 4.78 is 5.31. The number of fused-ring (bicyclic) bond motifs is 1. The van der Waals surface area contributed by atoms with Gasteiger partial charge in [0.25, 0.3) is 5.91 Å². The molecule has 17 heavy (non-hydrogen) atoms. The number of terminal acetylenes is 1. The molecule has 2 rings (SSSR count). The van der Waals surface area contributed by atoms with Gasteiger partial charge in [0, 0.05) is 18.0 Å². The Balaban J connectivity index is 2.07. The summed E-state index contributed by atoms with van der Waals surface area (Å²) in [4.78, 5) is 11.9. The van der Waals surface area contributed by atoms with Crippen LogP contribution in [0.2, 0.25) is 0 Å². The average molecular weight is 229 g/mol. The number of hydrogen-bond acceptors (Lipinski definition) is 2. The van der Waals surface area contributed by atoms with Crippen LogP contribution in [0.4, 0.5) is 0 Å². The normalized spacial score (nSPS) is 14.8. The maximum atomic E-state index is 11.9. The number of ether oxygens (including phenoxy) is 1. The maximum Gasteiger partial charge on any atom is 0.251 e. The van der Waals surface area contributed by atoms with Crippen molar-refractivity contribution in [3.63, 3.8) is 0 Å². The lowest BCUT2D eigenvalue weighted by Gasteiger charge is -2.11. The van der Waals surface area contributed by atoms with E-state index in [9.17, 15) is 4.79 Å². The molecular formula is C14H15NO2. The van der Waals surface area contributed by atoms with Crippen molar-refractivity contribution >= 4 is 5.91 Å². The highest BCUT2D eigenvalue weighted by molar-refractivity contribution is 5.94. The van der Waals surface area contributed by atoms with E-state index in [1.165, 1.54) is 5.56 Å². The minimum absolute atomic E-state index is 0.00277.